The van der Waals surface area contributed by atoms with E-state index in [0.29, 0.717) is 10.8 Å². The van der Waals surface area contributed by atoms with Crippen LogP contribution in [-0.4, -0.2) is 18.2 Å². The van der Waals surface area contributed by atoms with Crippen LogP contribution >= 0.6 is 11.6 Å². The molecule has 0 unspecified atom stereocenters. The number of hydrazone groups is 1. The minimum absolute atomic E-state index is 0.316. The van der Waals surface area contributed by atoms with Crippen molar-refractivity contribution < 1.29 is 9.53 Å². The van der Waals surface area contributed by atoms with Crippen molar-refractivity contribution in [1.29, 1.82) is 0 Å². The van der Waals surface area contributed by atoms with E-state index >= 15 is 0 Å². The Kier molecular flexibility index (Phi) is 5.35. The zero-order chi connectivity index (χ0) is 15.1. The van der Waals surface area contributed by atoms with Gasteiger partial charge in [-0.25, -0.2) is 5.43 Å². The standard InChI is InChI=1S/C16H15ClN2O2/c1-12(21-15-5-3-2-4-6-15)16(20)19-18-11-13-7-9-14(17)10-8-13/h2-12H,1H3,(H,19,20)/t12-/m1/s1. The van der Waals surface area contributed by atoms with E-state index in [0.717, 1.165) is 5.56 Å². The van der Waals surface area contributed by atoms with Crippen LogP contribution in [0.25, 0.3) is 0 Å². The molecule has 0 fully saturated rings. The van der Waals surface area contributed by atoms with Gasteiger partial charge in [0.15, 0.2) is 6.10 Å². The monoisotopic (exact) mass is 302 g/mol. The molecule has 0 radical (unpaired) electrons. The van der Waals surface area contributed by atoms with Gasteiger partial charge in [0.05, 0.1) is 6.21 Å². The maximum absolute atomic E-state index is 11.8. The number of carbonyl (C=O) groups excluding carboxylic acids is 1. The van der Waals surface area contributed by atoms with Gasteiger partial charge in [-0.1, -0.05) is 41.9 Å². The molecule has 21 heavy (non-hydrogen) atoms. The van der Waals surface area contributed by atoms with Gasteiger partial charge in [-0.3, -0.25) is 4.79 Å². The Morgan fingerprint density at radius 2 is 1.86 bits per heavy atom. The van der Waals surface area contributed by atoms with Gasteiger partial charge in [0, 0.05) is 5.02 Å². The largest absolute Gasteiger partial charge is 0.481 e. The molecule has 0 bridgehead atoms. The summed E-state index contributed by atoms with van der Waals surface area (Å²) in [5.74, 6) is 0.325. The summed E-state index contributed by atoms with van der Waals surface area (Å²) >= 11 is 5.78. The summed E-state index contributed by atoms with van der Waals surface area (Å²) in [5, 5.41) is 4.54. The second kappa shape index (κ2) is 7.45. The fourth-order valence-corrected chi connectivity index (χ4v) is 1.69. The number of rotatable bonds is 5. The molecule has 2 rings (SSSR count). The second-order valence-corrected chi connectivity index (χ2v) is 4.80. The maximum atomic E-state index is 11.8. The summed E-state index contributed by atoms with van der Waals surface area (Å²) in [5.41, 5.74) is 3.28. The van der Waals surface area contributed by atoms with Crippen molar-refractivity contribution >= 4 is 23.7 Å². The van der Waals surface area contributed by atoms with Gasteiger partial charge in [-0.2, -0.15) is 5.10 Å². The highest BCUT2D eigenvalue weighted by atomic mass is 35.5. The van der Waals surface area contributed by atoms with Crippen molar-refractivity contribution in [2.75, 3.05) is 0 Å². The lowest BCUT2D eigenvalue weighted by molar-refractivity contribution is -0.127. The third-order valence-corrected chi connectivity index (χ3v) is 2.94. The summed E-state index contributed by atoms with van der Waals surface area (Å²) in [6.45, 7) is 1.67. The van der Waals surface area contributed by atoms with E-state index in [9.17, 15) is 4.79 Å². The quantitative estimate of drug-likeness (QED) is 0.681. The van der Waals surface area contributed by atoms with Crippen molar-refractivity contribution in [1.82, 2.24) is 5.43 Å². The molecule has 1 amide bonds. The number of ether oxygens (including phenoxy) is 1. The summed E-state index contributed by atoms with van der Waals surface area (Å²) in [6, 6.07) is 16.3. The number of carbonyl (C=O) groups is 1. The molecular weight excluding hydrogens is 288 g/mol. The smallest absolute Gasteiger partial charge is 0.280 e. The highest BCUT2D eigenvalue weighted by Crippen LogP contribution is 2.10. The highest BCUT2D eigenvalue weighted by molar-refractivity contribution is 6.30. The van der Waals surface area contributed by atoms with Crippen LogP contribution in [0.1, 0.15) is 12.5 Å². The number of nitrogens with zero attached hydrogens (tertiary/aromatic N) is 1. The maximum Gasteiger partial charge on any atom is 0.280 e. The van der Waals surface area contributed by atoms with Gasteiger partial charge in [-0.15, -0.1) is 0 Å². The molecule has 5 heteroatoms. The average Bonchev–Trinajstić information content (AvgIpc) is 2.50. The van der Waals surface area contributed by atoms with E-state index in [1.54, 1.807) is 37.4 Å². The molecule has 2 aromatic rings. The SMILES string of the molecule is C[C@@H](Oc1ccccc1)C(=O)NN=Cc1ccc(Cl)cc1. The molecule has 0 aliphatic rings. The molecule has 0 aliphatic carbocycles. The van der Waals surface area contributed by atoms with Gasteiger partial charge in [-0.05, 0) is 36.8 Å². The van der Waals surface area contributed by atoms with Crippen LogP contribution in [0.4, 0.5) is 0 Å². The number of nitrogens with one attached hydrogen (secondary N) is 1. The molecule has 108 valence electrons. The van der Waals surface area contributed by atoms with Crippen LogP contribution in [0.15, 0.2) is 59.7 Å². The summed E-state index contributed by atoms with van der Waals surface area (Å²) < 4.78 is 5.49. The minimum atomic E-state index is -0.630. The first-order valence-electron chi connectivity index (χ1n) is 6.45. The topological polar surface area (TPSA) is 50.7 Å². The Morgan fingerprint density at radius 1 is 1.19 bits per heavy atom. The van der Waals surface area contributed by atoms with Crippen molar-refractivity contribution in [2.24, 2.45) is 5.10 Å². The predicted octanol–water partition coefficient (Wildman–Crippen LogP) is 3.26. The lowest BCUT2D eigenvalue weighted by atomic mass is 10.2. The summed E-state index contributed by atoms with van der Waals surface area (Å²) in [4.78, 5) is 11.8. The van der Waals surface area contributed by atoms with Gasteiger partial charge in [0.25, 0.3) is 5.91 Å². The number of halogens is 1. The van der Waals surface area contributed by atoms with Crippen LogP contribution in [0.3, 0.4) is 0 Å². The average molecular weight is 303 g/mol. The van der Waals surface area contributed by atoms with E-state index in [1.807, 2.05) is 30.3 Å². The molecule has 0 aromatic heterocycles. The van der Waals surface area contributed by atoms with Crippen molar-refractivity contribution in [3.05, 3.63) is 65.2 Å². The Morgan fingerprint density at radius 3 is 2.52 bits per heavy atom. The van der Waals surface area contributed by atoms with Gasteiger partial charge >= 0.3 is 0 Å². The van der Waals surface area contributed by atoms with E-state index in [-0.39, 0.29) is 5.91 Å². The van der Waals surface area contributed by atoms with Crippen LogP contribution in [0, 0.1) is 0 Å². The van der Waals surface area contributed by atoms with Crippen LogP contribution in [0.5, 0.6) is 5.75 Å². The lowest BCUT2D eigenvalue weighted by Gasteiger charge is -2.12. The van der Waals surface area contributed by atoms with Crippen LogP contribution in [-0.2, 0) is 4.79 Å². The fraction of sp³-hybridized carbons (Fsp3) is 0.125. The second-order valence-electron chi connectivity index (χ2n) is 4.36. The number of hydrogen-bond donors (Lipinski definition) is 1. The normalized spacial score (nSPS) is 12.1. The predicted molar refractivity (Wildman–Crippen MR) is 83.7 cm³/mol. The number of para-hydroxylation sites is 1. The van der Waals surface area contributed by atoms with Crippen molar-refractivity contribution in [3.63, 3.8) is 0 Å². The molecule has 0 aliphatic heterocycles. The van der Waals surface area contributed by atoms with E-state index < -0.39 is 6.10 Å². The highest BCUT2D eigenvalue weighted by Gasteiger charge is 2.13. The van der Waals surface area contributed by atoms with Crippen LogP contribution < -0.4 is 10.2 Å². The third kappa shape index (κ3) is 4.93. The number of amides is 1. The molecule has 0 saturated carbocycles. The van der Waals surface area contributed by atoms with Crippen molar-refractivity contribution in [2.45, 2.75) is 13.0 Å². The van der Waals surface area contributed by atoms with E-state index in [1.165, 1.54) is 0 Å². The van der Waals surface area contributed by atoms with Gasteiger partial charge in [0.1, 0.15) is 5.75 Å². The molecule has 4 nitrogen and oxygen atoms in total. The summed E-state index contributed by atoms with van der Waals surface area (Å²) in [6.07, 6.45) is 0.915. The van der Waals surface area contributed by atoms with Crippen LogP contribution in [0.2, 0.25) is 5.02 Å². The third-order valence-electron chi connectivity index (χ3n) is 2.68. The molecule has 2 aromatic carbocycles. The first kappa shape index (κ1) is 15.1. The molecule has 0 heterocycles. The number of benzene rings is 2. The zero-order valence-corrected chi connectivity index (χ0v) is 12.2. The van der Waals surface area contributed by atoms with Crippen molar-refractivity contribution in [3.8, 4) is 5.75 Å². The van der Waals surface area contributed by atoms with Gasteiger partial charge in [0.2, 0.25) is 0 Å². The fourth-order valence-electron chi connectivity index (χ4n) is 1.57. The minimum Gasteiger partial charge on any atom is -0.481 e. The Hall–Kier alpha value is -2.33. The molecule has 1 N–H and O–H groups in total. The molecule has 1 atom stereocenters. The lowest BCUT2D eigenvalue weighted by Crippen LogP contribution is -2.33. The molecular formula is C16H15ClN2O2. The summed E-state index contributed by atoms with van der Waals surface area (Å²) in [7, 11) is 0. The van der Waals surface area contributed by atoms with E-state index in [4.69, 9.17) is 16.3 Å². The first-order valence-corrected chi connectivity index (χ1v) is 6.83. The van der Waals surface area contributed by atoms with E-state index in [2.05, 4.69) is 10.5 Å². The zero-order valence-electron chi connectivity index (χ0n) is 11.5. The molecule has 0 saturated heterocycles. The Bertz CT molecular complexity index is 612. The Labute approximate surface area is 128 Å². The van der Waals surface area contributed by atoms with Gasteiger partial charge < -0.3 is 4.74 Å². The Balaban J connectivity index is 1.85. The number of hydrogen-bond acceptors (Lipinski definition) is 3. The first-order chi connectivity index (χ1) is 10.1. The molecule has 0 spiro atoms.